The predicted octanol–water partition coefficient (Wildman–Crippen LogP) is 2.98. The molecule has 9 atom stereocenters. The van der Waals surface area contributed by atoms with Gasteiger partial charge in [-0.1, -0.05) is 18.6 Å². The molecule has 0 aromatic rings. The van der Waals surface area contributed by atoms with Gasteiger partial charge in [0.05, 0.1) is 23.9 Å². The van der Waals surface area contributed by atoms with Crippen LogP contribution in [0.2, 0.25) is 0 Å². The number of alkyl halides is 3. The second-order valence-electron chi connectivity index (χ2n) is 11.2. The number of hydrogen-bond acceptors (Lipinski definition) is 8. The Morgan fingerprint density at radius 3 is 2.76 bits per heavy atom. The summed E-state index contributed by atoms with van der Waals surface area (Å²) in [6, 6.07) is 0. The molecule has 0 aromatic heterocycles. The lowest BCUT2D eigenvalue weighted by Gasteiger charge is -2.42. The van der Waals surface area contributed by atoms with Gasteiger partial charge in [-0.3, -0.25) is 18.9 Å². The number of fused-ring (bicyclic) bond motifs is 3. The molecule has 0 spiro atoms. The minimum Gasteiger partial charge on any atom is -0.465 e. The average Bonchev–Trinajstić information content (AvgIpc) is 3.41. The highest BCUT2D eigenvalue weighted by Gasteiger charge is 2.70. The topological polar surface area (TPSA) is 133 Å². The van der Waals surface area contributed by atoms with E-state index in [0.29, 0.717) is 25.7 Å². The first-order chi connectivity index (χ1) is 17.2. The molecule has 1 aliphatic heterocycles. The van der Waals surface area contributed by atoms with Crippen molar-refractivity contribution in [2.24, 2.45) is 35.0 Å². The zero-order valence-corrected chi connectivity index (χ0v) is 20.9. The van der Waals surface area contributed by atoms with Gasteiger partial charge in [-0.05, 0) is 44.4 Å². The number of halogens is 3. The smallest absolute Gasteiger partial charge is 0.400 e. The van der Waals surface area contributed by atoms with E-state index in [4.69, 9.17) is 18.8 Å². The largest absolute Gasteiger partial charge is 0.465 e. The highest BCUT2D eigenvalue weighted by molar-refractivity contribution is 7.86. The average molecular weight is 551 g/mol. The molecule has 0 amide bonds. The Labute approximate surface area is 211 Å². The van der Waals surface area contributed by atoms with Crippen LogP contribution in [0.3, 0.4) is 0 Å². The molecule has 4 aliphatic carbocycles. The van der Waals surface area contributed by atoms with Crippen molar-refractivity contribution in [1.29, 1.82) is 0 Å². The van der Waals surface area contributed by atoms with Crippen LogP contribution in [0, 0.1) is 35.0 Å². The molecule has 4 bridgehead atoms. The molecule has 1 N–H and O–H groups in total. The summed E-state index contributed by atoms with van der Waals surface area (Å²) >= 11 is 0. The molecule has 9 nitrogen and oxygen atoms in total. The van der Waals surface area contributed by atoms with E-state index in [1.165, 1.54) is 5.57 Å². The van der Waals surface area contributed by atoms with E-state index >= 15 is 0 Å². The SMILES string of the molecule is CC1C=C2CCCC(C(=O)OC3C4CC5C3OC(=O)C5C4C(=O)OCCC(F)C(F)(F)S(=O)(=O)O)(C2)C1. The summed E-state index contributed by atoms with van der Waals surface area (Å²) in [6.07, 6.45) is 0.318. The number of esters is 3. The fourth-order valence-electron chi connectivity index (χ4n) is 7.32. The normalized spacial score (nSPS) is 39.1. The van der Waals surface area contributed by atoms with E-state index in [-0.39, 0.29) is 17.8 Å². The quantitative estimate of drug-likeness (QED) is 0.210. The Morgan fingerprint density at radius 2 is 2.05 bits per heavy atom. The summed E-state index contributed by atoms with van der Waals surface area (Å²) in [5.41, 5.74) is 0.574. The van der Waals surface area contributed by atoms with Gasteiger partial charge in [-0.15, -0.1) is 0 Å². The molecular weight excluding hydrogens is 521 g/mol. The molecule has 0 aromatic carbocycles. The number of allylic oxidation sites excluding steroid dienone is 2. The Kier molecular flexibility index (Phi) is 6.41. The first kappa shape index (κ1) is 26.5. The fourth-order valence-corrected chi connectivity index (χ4v) is 7.76. The maximum atomic E-state index is 13.8. The Hall–Kier alpha value is -2.15. The molecule has 0 radical (unpaired) electrons. The van der Waals surface area contributed by atoms with Gasteiger partial charge in [0.25, 0.3) is 0 Å². The van der Waals surface area contributed by atoms with Crippen LogP contribution in [0.1, 0.15) is 51.9 Å². The summed E-state index contributed by atoms with van der Waals surface area (Å²) in [5.74, 6) is -4.58. The van der Waals surface area contributed by atoms with Crippen molar-refractivity contribution in [3.8, 4) is 0 Å². The van der Waals surface area contributed by atoms with Crippen LogP contribution in [-0.2, 0) is 38.7 Å². The predicted molar refractivity (Wildman–Crippen MR) is 118 cm³/mol. The lowest BCUT2D eigenvalue weighted by molar-refractivity contribution is -0.177. The standard InChI is InChI=1S/C24H29F3O9S/c1-11-7-12-3-2-5-23(9-11,10-12)22(30)36-19-13-8-14-17(21(29)35-18(14)19)16(13)20(28)34-6-4-15(25)24(26,27)37(31,32)33/h7,11,13-19H,2-6,8-10H2,1H3,(H,31,32,33). The highest BCUT2D eigenvalue weighted by Crippen LogP contribution is 2.60. The molecule has 5 aliphatic rings. The number of carbonyl (C=O) groups is 3. The van der Waals surface area contributed by atoms with Crippen molar-refractivity contribution in [2.75, 3.05) is 6.61 Å². The molecule has 13 heteroatoms. The van der Waals surface area contributed by atoms with Gasteiger partial charge in [0.1, 0.15) is 12.2 Å². The van der Waals surface area contributed by atoms with Gasteiger partial charge in [0.2, 0.25) is 0 Å². The second kappa shape index (κ2) is 8.96. The van der Waals surface area contributed by atoms with E-state index in [0.717, 1.165) is 12.8 Å². The van der Waals surface area contributed by atoms with Crippen LogP contribution < -0.4 is 0 Å². The monoisotopic (exact) mass is 550 g/mol. The van der Waals surface area contributed by atoms with Gasteiger partial charge >= 0.3 is 33.3 Å². The van der Waals surface area contributed by atoms with Gasteiger partial charge in [0, 0.05) is 18.3 Å². The van der Waals surface area contributed by atoms with Crippen molar-refractivity contribution in [3.63, 3.8) is 0 Å². The second-order valence-corrected chi connectivity index (χ2v) is 12.7. The molecule has 9 unspecified atom stereocenters. The van der Waals surface area contributed by atoms with Crippen molar-refractivity contribution < 1.29 is 54.7 Å². The number of ether oxygens (including phenoxy) is 3. The molecule has 5 rings (SSSR count). The van der Waals surface area contributed by atoms with E-state index < -0.39 is 81.9 Å². The third-order valence-electron chi connectivity index (χ3n) is 8.77. The van der Waals surface area contributed by atoms with Crippen LogP contribution in [0.25, 0.3) is 0 Å². The van der Waals surface area contributed by atoms with Crippen LogP contribution in [0.5, 0.6) is 0 Å². The van der Waals surface area contributed by atoms with Crippen molar-refractivity contribution >= 4 is 28.0 Å². The maximum Gasteiger partial charge on any atom is 0.400 e. The summed E-state index contributed by atoms with van der Waals surface area (Å²) in [6.45, 7) is 1.15. The number of rotatable bonds is 8. The van der Waals surface area contributed by atoms with Gasteiger partial charge in [-0.25, -0.2) is 4.39 Å². The van der Waals surface area contributed by atoms with E-state index in [1.54, 1.807) is 0 Å². The van der Waals surface area contributed by atoms with Gasteiger partial charge in [0.15, 0.2) is 6.17 Å². The summed E-state index contributed by atoms with van der Waals surface area (Å²) in [5, 5.41) is -5.06. The van der Waals surface area contributed by atoms with Crippen LogP contribution in [0.15, 0.2) is 11.6 Å². The minimum atomic E-state index is -5.99. The van der Waals surface area contributed by atoms with Gasteiger partial charge < -0.3 is 14.2 Å². The minimum absolute atomic E-state index is 0.223. The first-order valence-corrected chi connectivity index (χ1v) is 14.0. The lowest BCUT2D eigenvalue weighted by Crippen LogP contribution is -2.47. The van der Waals surface area contributed by atoms with Crippen LogP contribution >= 0.6 is 0 Å². The molecule has 1 heterocycles. The fraction of sp³-hybridized carbons (Fsp3) is 0.792. The lowest BCUT2D eigenvalue weighted by atomic mass is 9.63. The molecule has 206 valence electrons. The Balaban J connectivity index is 1.26. The molecule has 4 fully saturated rings. The number of hydrogen-bond donors (Lipinski definition) is 1. The van der Waals surface area contributed by atoms with Crippen LogP contribution in [0.4, 0.5) is 13.2 Å². The third-order valence-corrected chi connectivity index (χ3v) is 9.71. The van der Waals surface area contributed by atoms with Gasteiger partial charge in [-0.2, -0.15) is 17.2 Å². The number of carbonyl (C=O) groups excluding carboxylic acids is 3. The highest BCUT2D eigenvalue weighted by atomic mass is 32.2. The zero-order chi connectivity index (χ0) is 26.9. The first-order valence-electron chi connectivity index (χ1n) is 12.5. The molecule has 1 saturated heterocycles. The Bertz CT molecular complexity index is 1140. The third kappa shape index (κ3) is 4.25. The van der Waals surface area contributed by atoms with Crippen LogP contribution in [-0.4, -0.2) is 61.1 Å². The van der Waals surface area contributed by atoms with E-state index in [2.05, 4.69) is 6.08 Å². The van der Waals surface area contributed by atoms with E-state index in [1.807, 2.05) is 6.92 Å². The van der Waals surface area contributed by atoms with E-state index in [9.17, 15) is 36.0 Å². The summed E-state index contributed by atoms with van der Waals surface area (Å²) < 4.78 is 86.9. The summed E-state index contributed by atoms with van der Waals surface area (Å²) in [7, 11) is -5.99. The molecule has 3 saturated carbocycles. The van der Waals surface area contributed by atoms with Crippen molar-refractivity contribution in [3.05, 3.63) is 11.6 Å². The maximum absolute atomic E-state index is 13.8. The summed E-state index contributed by atoms with van der Waals surface area (Å²) in [4.78, 5) is 38.9. The Morgan fingerprint density at radius 1 is 1.32 bits per heavy atom. The van der Waals surface area contributed by atoms with Crippen molar-refractivity contribution in [1.82, 2.24) is 0 Å². The van der Waals surface area contributed by atoms with Crippen molar-refractivity contribution in [2.45, 2.75) is 75.5 Å². The molecule has 37 heavy (non-hydrogen) atoms. The molecular formula is C24H29F3O9S. The zero-order valence-electron chi connectivity index (χ0n) is 20.1.